The Labute approximate surface area is 160 Å². The summed E-state index contributed by atoms with van der Waals surface area (Å²) in [6.45, 7) is 0.169. The normalized spacial score (nSPS) is 15.1. The van der Waals surface area contributed by atoms with Crippen LogP contribution in [0.5, 0.6) is 0 Å². The number of amides is 1. The molecule has 0 heterocycles. The molecule has 0 aromatic heterocycles. The summed E-state index contributed by atoms with van der Waals surface area (Å²) < 4.78 is 62.0. The molecule has 2 aromatic carbocycles. The van der Waals surface area contributed by atoms with Gasteiger partial charge in [-0.15, -0.1) is 0 Å². The molecule has 1 aliphatic rings. The number of nitrogens with one attached hydrogen (secondary N) is 1. The van der Waals surface area contributed by atoms with Crippen molar-refractivity contribution in [2.24, 2.45) is 11.1 Å². The monoisotopic (exact) mass is 396 g/mol. The van der Waals surface area contributed by atoms with Crippen molar-refractivity contribution in [2.75, 3.05) is 6.61 Å². The molecular weight excluding hydrogens is 376 g/mol. The summed E-state index contributed by atoms with van der Waals surface area (Å²) in [6, 6.07) is 8.60. The molecule has 0 bridgehead atoms. The molecule has 1 N–H and O–H groups in total. The number of benzene rings is 2. The van der Waals surface area contributed by atoms with E-state index in [9.17, 15) is 22.4 Å². The molecule has 1 fully saturated rings. The van der Waals surface area contributed by atoms with E-state index >= 15 is 0 Å². The van der Waals surface area contributed by atoms with Crippen LogP contribution in [0.25, 0.3) is 0 Å². The number of hydrogen-bond donors (Lipinski definition) is 1. The molecule has 1 amide bonds. The van der Waals surface area contributed by atoms with Gasteiger partial charge in [-0.2, -0.15) is 13.2 Å². The van der Waals surface area contributed by atoms with Gasteiger partial charge in [0.2, 0.25) is 5.91 Å². The SMILES string of the molecule is [3H]c1c(F)ccc(C(F)(F)F)c1/C(=N/OCC1CC1)NC(=O)Cc1ccccc1. The Hall–Kier alpha value is -2.90. The predicted molar refractivity (Wildman–Crippen MR) is 94.9 cm³/mol. The van der Waals surface area contributed by atoms with E-state index < -0.39 is 40.9 Å². The number of nitrogens with zero attached hydrogens (tertiary/aromatic N) is 1. The highest BCUT2D eigenvalue weighted by Gasteiger charge is 2.35. The molecule has 28 heavy (non-hydrogen) atoms. The van der Waals surface area contributed by atoms with Crippen molar-refractivity contribution in [1.82, 2.24) is 5.32 Å². The van der Waals surface area contributed by atoms with Crippen molar-refractivity contribution in [3.63, 3.8) is 0 Å². The number of oxime groups is 1. The lowest BCUT2D eigenvalue weighted by molar-refractivity contribution is -0.137. The van der Waals surface area contributed by atoms with Crippen LogP contribution in [0.3, 0.4) is 0 Å². The van der Waals surface area contributed by atoms with Crippen LogP contribution in [0.4, 0.5) is 17.6 Å². The predicted octanol–water partition coefficient (Wildman–Crippen LogP) is 4.29. The van der Waals surface area contributed by atoms with Crippen LogP contribution < -0.4 is 5.32 Å². The first-order valence-corrected chi connectivity index (χ1v) is 8.66. The molecule has 0 spiro atoms. The lowest BCUT2D eigenvalue weighted by Crippen LogP contribution is -2.34. The maximum Gasteiger partial charge on any atom is 0.417 e. The highest BCUT2D eigenvalue weighted by atomic mass is 19.4. The number of amidine groups is 1. The third kappa shape index (κ3) is 5.55. The van der Waals surface area contributed by atoms with Gasteiger partial charge < -0.3 is 10.2 Å². The molecule has 0 saturated heterocycles. The summed E-state index contributed by atoms with van der Waals surface area (Å²) in [4.78, 5) is 17.5. The van der Waals surface area contributed by atoms with Crippen LogP contribution in [-0.2, 0) is 22.2 Å². The second kappa shape index (κ2) is 8.41. The molecule has 2 aromatic rings. The Balaban J connectivity index is 1.93. The average Bonchev–Trinajstić information content (AvgIpc) is 3.47. The van der Waals surface area contributed by atoms with Crippen LogP contribution in [0, 0.1) is 11.7 Å². The lowest BCUT2D eigenvalue weighted by atomic mass is 10.1. The fourth-order valence-electron chi connectivity index (χ4n) is 2.47. The Morgan fingerprint density at radius 1 is 1.21 bits per heavy atom. The Morgan fingerprint density at radius 3 is 2.57 bits per heavy atom. The van der Waals surface area contributed by atoms with Gasteiger partial charge in [-0.05, 0) is 42.5 Å². The summed E-state index contributed by atoms with van der Waals surface area (Å²) in [6.07, 6.45) is -3.17. The van der Waals surface area contributed by atoms with Crippen molar-refractivity contribution in [3.05, 3.63) is 71.0 Å². The largest absolute Gasteiger partial charge is 0.417 e. The zero-order chi connectivity index (χ0) is 21.0. The number of carbonyl (C=O) groups excluding carboxylic acids is 1. The summed E-state index contributed by atoms with van der Waals surface area (Å²) in [5.74, 6) is -2.21. The van der Waals surface area contributed by atoms with Crippen LogP contribution in [-0.4, -0.2) is 18.3 Å². The van der Waals surface area contributed by atoms with Gasteiger partial charge in [-0.1, -0.05) is 35.5 Å². The standard InChI is InChI=1S/C20H18F4N2O2/c21-15-8-9-17(20(22,23)24)16(11-15)19(26-28-12-14-6-7-14)25-18(27)10-13-4-2-1-3-5-13/h1-5,8-9,11,14H,6-7,10,12H2,(H,25,26,27)/i11T. The van der Waals surface area contributed by atoms with Gasteiger partial charge in [0.15, 0.2) is 5.84 Å². The van der Waals surface area contributed by atoms with E-state index in [1.165, 1.54) is 0 Å². The summed E-state index contributed by atoms with van der Waals surface area (Å²) in [7, 11) is 0. The van der Waals surface area contributed by atoms with E-state index in [1.54, 1.807) is 30.3 Å². The topological polar surface area (TPSA) is 50.7 Å². The summed E-state index contributed by atoms with van der Waals surface area (Å²) >= 11 is 0. The molecule has 0 aliphatic heterocycles. The molecule has 1 aliphatic carbocycles. The molecule has 0 radical (unpaired) electrons. The van der Waals surface area contributed by atoms with Gasteiger partial charge in [0.05, 0.1) is 13.4 Å². The minimum absolute atomic E-state index is 0.132. The first-order chi connectivity index (χ1) is 13.8. The van der Waals surface area contributed by atoms with E-state index in [1.807, 2.05) is 0 Å². The second-order valence-electron chi connectivity index (χ2n) is 6.48. The van der Waals surface area contributed by atoms with Crippen molar-refractivity contribution in [2.45, 2.75) is 25.4 Å². The summed E-state index contributed by atoms with van der Waals surface area (Å²) in [5.41, 5.74) is -1.52. The molecule has 8 heteroatoms. The van der Waals surface area contributed by atoms with E-state index in [4.69, 9.17) is 6.21 Å². The van der Waals surface area contributed by atoms with E-state index in [2.05, 4.69) is 10.5 Å². The Morgan fingerprint density at radius 2 is 1.93 bits per heavy atom. The zero-order valence-electron chi connectivity index (χ0n) is 15.7. The lowest BCUT2D eigenvalue weighted by Gasteiger charge is -2.15. The van der Waals surface area contributed by atoms with Gasteiger partial charge in [0.25, 0.3) is 0 Å². The van der Waals surface area contributed by atoms with Crippen LogP contribution in [0.1, 0.15) is 30.9 Å². The number of carbonyl (C=O) groups is 1. The molecule has 0 atom stereocenters. The smallest absolute Gasteiger partial charge is 0.394 e. The number of halogens is 4. The molecule has 3 rings (SSSR count). The van der Waals surface area contributed by atoms with Gasteiger partial charge in [0, 0.05) is 5.56 Å². The second-order valence-corrected chi connectivity index (χ2v) is 6.48. The van der Waals surface area contributed by atoms with E-state index in [-0.39, 0.29) is 18.9 Å². The van der Waals surface area contributed by atoms with E-state index in [0.29, 0.717) is 17.7 Å². The van der Waals surface area contributed by atoms with Crippen LogP contribution in [0.15, 0.2) is 53.7 Å². The first-order valence-electron chi connectivity index (χ1n) is 9.16. The van der Waals surface area contributed by atoms with Crippen molar-refractivity contribution < 1.29 is 28.6 Å². The number of alkyl halides is 3. The molecular formula is C20H18F4N2O2. The van der Waals surface area contributed by atoms with Crippen LogP contribution >= 0.6 is 0 Å². The van der Waals surface area contributed by atoms with Gasteiger partial charge in [-0.25, -0.2) is 4.39 Å². The van der Waals surface area contributed by atoms with Crippen LogP contribution in [0.2, 0.25) is 0 Å². The highest BCUT2D eigenvalue weighted by molar-refractivity contribution is 6.09. The average molecular weight is 396 g/mol. The van der Waals surface area contributed by atoms with Crippen molar-refractivity contribution in [3.8, 4) is 0 Å². The maximum atomic E-state index is 13.9. The quantitative estimate of drug-likeness (QED) is 0.343. The zero-order valence-corrected chi connectivity index (χ0v) is 14.7. The fourth-order valence-corrected chi connectivity index (χ4v) is 2.47. The highest BCUT2D eigenvalue weighted by Crippen LogP contribution is 2.33. The van der Waals surface area contributed by atoms with Gasteiger partial charge >= 0.3 is 6.18 Å². The maximum absolute atomic E-state index is 13.9. The first kappa shape index (κ1) is 18.5. The molecule has 4 nitrogen and oxygen atoms in total. The third-order valence-electron chi connectivity index (χ3n) is 4.08. The van der Waals surface area contributed by atoms with E-state index in [0.717, 1.165) is 12.8 Å². The fraction of sp³-hybridized carbons (Fsp3) is 0.300. The van der Waals surface area contributed by atoms with Crippen molar-refractivity contribution in [1.29, 1.82) is 0 Å². The molecule has 0 unspecified atom stereocenters. The van der Waals surface area contributed by atoms with Crippen molar-refractivity contribution >= 4 is 11.7 Å². The van der Waals surface area contributed by atoms with Gasteiger partial charge in [-0.3, -0.25) is 4.79 Å². The number of hydrogen-bond acceptors (Lipinski definition) is 3. The van der Waals surface area contributed by atoms with Gasteiger partial charge in [0.1, 0.15) is 12.4 Å². The Bertz CT molecular complexity index is 913. The summed E-state index contributed by atoms with van der Waals surface area (Å²) in [5, 5.41) is 5.89. The number of rotatable bonds is 6. The minimum atomic E-state index is -4.87. The minimum Gasteiger partial charge on any atom is -0.394 e. The Kier molecular flexibility index (Phi) is 5.55. The third-order valence-corrected chi connectivity index (χ3v) is 4.08. The molecule has 1 saturated carbocycles. The molecule has 148 valence electrons.